The van der Waals surface area contributed by atoms with Gasteiger partial charge in [0.05, 0.1) is 19.3 Å². The fourth-order valence-corrected chi connectivity index (χ4v) is 3.46. The van der Waals surface area contributed by atoms with Crippen molar-refractivity contribution < 1.29 is 13.9 Å². The van der Waals surface area contributed by atoms with E-state index in [1.54, 1.807) is 13.3 Å². The Balaban J connectivity index is 1.38. The minimum absolute atomic E-state index is 0.0207. The first-order valence-corrected chi connectivity index (χ1v) is 9.39. The molecule has 1 N–H and O–H groups in total. The van der Waals surface area contributed by atoms with Crippen molar-refractivity contribution >= 4 is 28.4 Å². The number of H-pyrrole nitrogens is 1. The molecule has 0 aliphatic heterocycles. The minimum Gasteiger partial charge on any atom is -0.497 e. The molecule has 0 atom stereocenters. The standard InChI is InChI=1S/C20H17N3O3S/c1-25-14-8-6-13(7-9-14)10-19-22-23-20(26-19)27-12-18(24)16-11-21-17-5-3-2-4-15(16)17/h2-9,11,21H,10,12H2,1H3. The maximum Gasteiger partial charge on any atom is 0.277 e. The van der Waals surface area contributed by atoms with Gasteiger partial charge in [-0.2, -0.15) is 0 Å². The van der Waals surface area contributed by atoms with E-state index < -0.39 is 0 Å². The Morgan fingerprint density at radius 3 is 2.78 bits per heavy atom. The number of nitrogens with one attached hydrogen (secondary N) is 1. The molecule has 0 saturated carbocycles. The molecule has 27 heavy (non-hydrogen) atoms. The largest absolute Gasteiger partial charge is 0.497 e. The maximum atomic E-state index is 12.5. The molecule has 0 fully saturated rings. The second kappa shape index (κ2) is 7.67. The van der Waals surface area contributed by atoms with E-state index >= 15 is 0 Å². The molecule has 0 unspecified atom stereocenters. The van der Waals surface area contributed by atoms with Crippen LogP contribution in [0.2, 0.25) is 0 Å². The van der Waals surface area contributed by atoms with Crippen LogP contribution < -0.4 is 4.74 Å². The summed E-state index contributed by atoms with van der Waals surface area (Å²) < 4.78 is 10.8. The van der Waals surface area contributed by atoms with Crippen molar-refractivity contribution in [1.82, 2.24) is 15.2 Å². The Hall–Kier alpha value is -3.06. The van der Waals surface area contributed by atoms with Crippen molar-refractivity contribution in [2.24, 2.45) is 0 Å². The van der Waals surface area contributed by atoms with Crippen LogP contribution in [0.4, 0.5) is 0 Å². The first-order chi connectivity index (χ1) is 13.2. The average molecular weight is 379 g/mol. The minimum atomic E-state index is 0.0207. The lowest BCUT2D eigenvalue weighted by Gasteiger charge is -2.00. The number of benzene rings is 2. The van der Waals surface area contributed by atoms with Crippen molar-refractivity contribution in [3.63, 3.8) is 0 Å². The molecular formula is C20H17N3O3S. The van der Waals surface area contributed by atoms with Crippen molar-refractivity contribution in [3.05, 3.63) is 71.7 Å². The lowest BCUT2D eigenvalue weighted by Crippen LogP contribution is -2.01. The van der Waals surface area contributed by atoms with E-state index in [1.165, 1.54) is 11.8 Å². The van der Waals surface area contributed by atoms with Crippen LogP contribution in [-0.4, -0.2) is 33.8 Å². The number of carbonyl (C=O) groups is 1. The third kappa shape index (κ3) is 3.88. The zero-order valence-corrected chi connectivity index (χ0v) is 15.5. The van der Waals surface area contributed by atoms with Crippen LogP contribution in [0.25, 0.3) is 10.9 Å². The molecule has 0 aliphatic carbocycles. The summed E-state index contributed by atoms with van der Waals surface area (Å²) in [7, 11) is 1.63. The molecule has 4 rings (SSSR count). The average Bonchev–Trinajstić information content (AvgIpc) is 3.33. The number of fused-ring (bicyclic) bond motifs is 1. The number of thioether (sulfide) groups is 1. The Morgan fingerprint density at radius 2 is 1.96 bits per heavy atom. The Kier molecular flexibility index (Phi) is 4.93. The summed E-state index contributed by atoms with van der Waals surface area (Å²) >= 11 is 1.25. The highest BCUT2D eigenvalue weighted by Gasteiger charge is 2.15. The molecule has 2 aromatic heterocycles. The molecule has 0 radical (unpaired) electrons. The van der Waals surface area contributed by atoms with Gasteiger partial charge in [0.2, 0.25) is 5.89 Å². The van der Waals surface area contributed by atoms with Crippen LogP contribution in [-0.2, 0) is 6.42 Å². The van der Waals surface area contributed by atoms with Crippen molar-refractivity contribution in [2.75, 3.05) is 12.9 Å². The predicted molar refractivity (Wildman–Crippen MR) is 103 cm³/mol. The van der Waals surface area contributed by atoms with Gasteiger partial charge in [-0.25, -0.2) is 0 Å². The number of rotatable bonds is 7. The Morgan fingerprint density at radius 1 is 1.15 bits per heavy atom. The summed E-state index contributed by atoms with van der Waals surface area (Å²) in [5.74, 6) is 1.58. The van der Waals surface area contributed by atoms with Gasteiger partial charge in [-0.1, -0.05) is 42.1 Å². The number of ether oxygens (including phenoxy) is 1. The monoisotopic (exact) mass is 379 g/mol. The Labute approximate surface area is 159 Å². The zero-order valence-electron chi connectivity index (χ0n) is 14.6. The Bertz CT molecular complexity index is 1070. The number of hydrogen-bond acceptors (Lipinski definition) is 6. The summed E-state index contributed by atoms with van der Waals surface area (Å²) in [5.41, 5.74) is 2.67. The second-order valence-electron chi connectivity index (χ2n) is 5.95. The van der Waals surface area contributed by atoms with E-state index in [4.69, 9.17) is 9.15 Å². The van der Waals surface area contributed by atoms with Crippen LogP contribution in [0.3, 0.4) is 0 Å². The number of carbonyl (C=O) groups excluding carboxylic acids is 1. The lowest BCUT2D eigenvalue weighted by atomic mass is 10.1. The molecule has 0 spiro atoms. The molecule has 0 aliphatic rings. The normalized spacial score (nSPS) is 11.0. The lowest BCUT2D eigenvalue weighted by molar-refractivity contribution is 0.102. The molecular weight excluding hydrogens is 362 g/mol. The number of aromatic amines is 1. The van der Waals surface area contributed by atoms with Crippen LogP contribution in [0.1, 0.15) is 21.8 Å². The summed E-state index contributed by atoms with van der Waals surface area (Å²) in [6.45, 7) is 0. The topological polar surface area (TPSA) is 81.0 Å². The molecule has 4 aromatic rings. The van der Waals surface area contributed by atoms with Gasteiger partial charge in [0.25, 0.3) is 5.22 Å². The highest BCUT2D eigenvalue weighted by Crippen LogP contribution is 2.23. The first kappa shape index (κ1) is 17.4. The van der Waals surface area contributed by atoms with Crippen LogP contribution >= 0.6 is 11.8 Å². The smallest absolute Gasteiger partial charge is 0.277 e. The molecule has 0 bridgehead atoms. The molecule has 2 aromatic carbocycles. The van der Waals surface area contributed by atoms with Crippen molar-refractivity contribution in [2.45, 2.75) is 11.6 Å². The fraction of sp³-hybridized carbons (Fsp3) is 0.150. The van der Waals surface area contributed by atoms with Gasteiger partial charge in [-0.05, 0) is 23.8 Å². The van der Waals surface area contributed by atoms with E-state index in [2.05, 4.69) is 15.2 Å². The van der Waals surface area contributed by atoms with Gasteiger partial charge in [0, 0.05) is 22.7 Å². The van der Waals surface area contributed by atoms with Gasteiger partial charge in [0.1, 0.15) is 5.75 Å². The van der Waals surface area contributed by atoms with E-state index in [0.717, 1.165) is 22.2 Å². The third-order valence-electron chi connectivity index (χ3n) is 4.18. The fourth-order valence-electron chi connectivity index (χ4n) is 2.79. The van der Waals surface area contributed by atoms with Gasteiger partial charge in [-0.15, -0.1) is 10.2 Å². The molecule has 0 saturated heterocycles. The van der Waals surface area contributed by atoms with E-state index in [-0.39, 0.29) is 11.5 Å². The van der Waals surface area contributed by atoms with Gasteiger partial charge in [0.15, 0.2) is 5.78 Å². The van der Waals surface area contributed by atoms with Crippen LogP contribution in [0.15, 0.2) is 64.4 Å². The van der Waals surface area contributed by atoms with Gasteiger partial charge < -0.3 is 14.1 Å². The summed E-state index contributed by atoms with van der Waals surface area (Å²) in [6, 6.07) is 15.4. The zero-order chi connectivity index (χ0) is 18.6. The van der Waals surface area contributed by atoms with Crippen molar-refractivity contribution in [3.8, 4) is 5.75 Å². The highest BCUT2D eigenvalue weighted by atomic mass is 32.2. The number of nitrogens with zero attached hydrogens (tertiary/aromatic N) is 2. The van der Waals surface area contributed by atoms with Crippen LogP contribution in [0, 0.1) is 0 Å². The van der Waals surface area contributed by atoms with Gasteiger partial charge in [-0.3, -0.25) is 4.79 Å². The predicted octanol–water partition coefficient (Wildman–Crippen LogP) is 4.13. The van der Waals surface area contributed by atoms with Crippen molar-refractivity contribution in [1.29, 1.82) is 0 Å². The summed E-state index contributed by atoms with van der Waals surface area (Å²) in [5, 5.41) is 9.40. The molecule has 2 heterocycles. The number of para-hydroxylation sites is 1. The summed E-state index contributed by atoms with van der Waals surface area (Å²) in [6.07, 6.45) is 2.28. The van der Waals surface area contributed by atoms with E-state index in [1.807, 2.05) is 48.5 Å². The third-order valence-corrected chi connectivity index (χ3v) is 5.00. The second-order valence-corrected chi connectivity index (χ2v) is 6.87. The first-order valence-electron chi connectivity index (χ1n) is 8.40. The number of Topliss-reactive ketones (excluding diaryl/α,β-unsaturated/α-hetero) is 1. The molecule has 0 amide bonds. The number of methoxy groups -OCH3 is 1. The number of aromatic nitrogens is 3. The van der Waals surface area contributed by atoms with E-state index in [9.17, 15) is 4.79 Å². The van der Waals surface area contributed by atoms with E-state index in [0.29, 0.717) is 23.1 Å². The van der Waals surface area contributed by atoms with Crippen LogP contribution in [0.5, 0.6) is 5.75 Å². The van der Waals surface area contributed by atoms with Gasteiger partial charge >= 0.3 is 0 Å². The maximum absolute atomic E-state index is 12.5. The SMILES string of the molecule is COc1ccc(Cc2nnc(SCC(=O)c3c[nH]c4ccccc34)o2)cc1. The number of ketones is 1. The quantitative estimate of drug-likeness (QED) is 0.384. The highest BCUT2D eigenvalue weighted by molar-refractivity contribution is 7.99. The molecule has 136 valence electrons. The molecule has 6 nitrogen and oxygen atoms in total. The number of hydrogen-bond donors (Lipinski definition) is 1. The molecule has 7 heteroatoms. The summed E-state index contributed by atoms with van der Waals surface area (Å²) in [4.78, 5) is 15.6.